The van der Waals surface area contributed by atoms with Crippen LogP contribution < -0.4 is 0 Å². The van der Waals surface area contributed by atoms with Crippen LogP contribution in [0.4, 0.5) is 32.0 Å². The molecule has 0 amide bonds. The van der Waals surface area contributed by atoms with Gasteiger partial charge in [-0.05, 0) is 12.1 Å². The predicted octanol–water partition coefficient (Wildman–Crippen LogP) is 3.39. The Bertz CT molecular complexity index is 456. The Morgan fingerprint density at radius 2 is 1.65 bits per heavy atom. The van der Waals surface area contributed by atoms with Crippen molar-refractivity contribution in [1.82, 2.24) is 0 Å². The lowest BCUT2D eigenvalue weighted by Crippen LogP contribution is -2.33. The van der Waals surface area contributed by atoms with Crippen molar-refractivity contribution < 1.29 is 31.3 Å². The Hall–Kier alpha value is -1.80. The van der Waals surface area contributed by atoms with Crippen molar-refractivity contribution >= 4 is 5.69 Å². The highest BCUT2D eigenvalue weighted by Gasteiger charge is 2.59. The summed E-state index contributed by atoms with van der Waals surface area (Å²) in [6.07, 6.45) is -5.90. The Kier molecular flexibility index (Phi) is 3.04. The van der Waals surface area contributed by atoms with Crippen LogP contribution in [0.5, 0.6) is 0 Å². The van der Waals surface area contributed by atoms with E-state index in [4.69, 9.17) is 0 Å². The van der Waals surface area contributed by atoms with Gasteiger partial charge in [-0.1, -0.05) is 0 Å². The third-order valence-corrected chi connectivity index (χ3v) is 1.86. The third-order valence-electron chi connectivity index (χ3n) is 1.86. The smallest absolute Gasteiger partial charge is 0.258 e. The van der Waals surface area contributed by atoms with Crippen LogP contribution in [0.1, 0.15) is 5.56 Å². The number of benzene rings is 1. The molecule has 0 bridgehead atoms. The van der Waals surface area contributed by atoms with E-state index in [-0.39, 0.29) is 18.2 Å². The average Bonchev–Trinajstić information content (AvgIpc) is 2.15. The van der Waals surface area contributed by atoms with Gasteiger partial charge in [-0.15, -0.1) is 0 Å². The summed E-state index contributed by atoms with van der Waals surface area (Å²) >= 11 is 0. The summed E-state index contributed by atoms with van der Waals surface area (Å²) in [6.45, 7) is 0. The first-order valence-electron chi connectivity index (χ1n) is 3.96. The van der Waals surface area contributed by atoms with Crippen molar-refractivity contribution in [3.63, 3.8) is 0 Å². The molecule has 9 heteroatoms. The molecule has 0 saturated carbocycles. The summed E-state index contributed by atoms with van der Waals surface area (Å²) in [5.74, 6) is -6.76. The maximum atomic E-state index is 12.8. The number of nitrogens with zero attached hydrogens (tertiary/aromatic N) is 1. The number of hydrogen-bond acceptors (Lipinski definition) is 2. The minimum atomic E-state index is -5.90. The van der Waals surface area contributed by atoms with Crippen molar-refractivity contribution in [2.75, 3.05) is 0 Å². The fourth-order valence-electron chi connectivity index (χ4n) is 1.01. The van der Waals surface area contributed by atoms with E-state index in [0.29, 0.717) is 0 Å². The van der Waals surface area contributed by atoms with Gasteiger partial charge in [-0.2, -0.15) is 26.3 Å². The largest absolute Gasteiger partial charge is 0.458 e. The fourth-order valence-corrected chi connectivity index (χ4v) is 1.01. The summed E-state index contributed by atoms with van der Waals surface area (Å²) in [5.41, 5.74) is -3.12. The van der Waals surface area contributed by atoms with Gasteiger partial charge in [-0.3, -0.25) is 10.1 Å². The number of alkyl halides is 5. The van der Waals surface area contributed by atoms with Crippen LogP contribution in [0, 0.1) is 15.9 Å². The maximum Gasteiger partial charge on any atom is 0.458 e. The molecule has 0 saturated heterocycles. The molecule has 0 aliphatic rings. The standard InChI is InChI=1S/C8H3F6NO2/c9-5-2-1-4(3-6(5)15(16)17)7(10,11)8(12,13)14/h1-3H. The highest BCUT2D eigenvalue weighted by Crippen LogP contribution is 2.44. The van der Waals surface area contributed by atoms with Gasteiger partial charge in [0.2, 0.25) is 5.82 Å². The highest BCUT2D eigenvalue weighted by molar-refractivity contribution is 5.38. The van der Waals surface area contributed by atoms with Gasteiger partial charge in [-0.25, -0.2) is 0 Å². The van der Waals surface area contributed by atoms with Gasteiger partial charge in [0.25, 0.3) is 0 Å². The molecule has 94 valence electrons. The van der Waals surface area contributed by atoms with E-state index in [1.165, 1.54) is 0 Å². The van der Waals surface area contributed by atoms with Gasteiger partial charge in [0.15, 0.2) is 0 Å². The molecule has 3 nitrogen and oxygen atoms in total. The zero-order chi connectivity index (χ0) is 13.4. The molecule has 0 spiro atoms. The number of hydrogen-bond donors (Lipinski definition) is 0. The van der Waals surface area contributed by atoms with Crippen LogP contribution in [0.15, 0.2) is 18.2 Å². The van der Waals surface area contributed by atoms with Crippen LogP contribution in [0.2, 0.25) is 0 Å². The van der Waals surface area contributed by atoms with Crippen LogP contribution >= 0.6 is 0 Å². The molecule has 0 heterocycles. The maximum absolute atomic E-state index is 12.8. The minimum Gasteiger partial charge on any atom is -0.258 e. The molecular weight excluding hydrogens is 256 g/mol. The Morgan fingerprint density at radius 1 is 1.12 bits per heavy atom. The molecule has 0 aliphatic carbocycles. The zero-order valence-corrected chi connectivity index (χ0v) is 7.76. The SMILES string of the molecule is O=[N+]([O-])c1cc(C(F)(F)C(F)(F)F)ccc1F. The second-order valence-corrected chi connectivity index (χ2v) is 3.00. The average molecular weight is 259 g/mol. The number of nitro groups is 1. The second kappa shape index (κ2) is 3.90. The zero-order valence-electron chi connectivity index (χ0n) is 7.76. The summed E-state index contributed by atoms with van der Waals surface area (Å²) in [4.78, 5) is 8.81. The summed E-state index contributed by atoms with van der Waals surface area (Å²) in [5, 5.41) is 10.2. The summed E-state index contributed by atoms with van der Waals surface area (Å²) in [6, 6.07) is 0.200. The monoisotopic (exact) mass is 259 g/mol. The van der Waals surface area contributed by atoms with Crippen molar-refractivity contribution in [2.24, 2.45) is 0 Å². The number of nitro benzene ring substituents is 1. The first kappa shape index (κ1) is 13.3. The van der Waals surface area contributed by atoms with Gasteiger partial charge in [0.1, 0.15) is 0 Å². The molecule has 0 atom stereocenters. The van der Waals surface area contributed by atoms with Crippen molar-refractivity contribution in [3.05, 3.63) is 39.7 Å². The summed E-state index contributed by atoms with van der Waals surface area (Å²) in [7, 11) is 0. The van der Waals surface area contributed by atoms with E-state index < -0.39 is 34.1 Å². The van der Waals surface area contributed by atoms with Gasteiger partial charge in [0, 0.05) is 11.6 Å². The van der Waals surface area contributed by atoms with Crippen LogP contribution in [0.25, 0.3) is 0 Å². The van der Waals surface area contributed by atoms with Gasteiger partial charge in [0.05, 0.1) is 4.92 Å². The van der Waals surface area contributed by atoms with E-state index >= 15 is 0 Å². The molecule has 0 aromatic heterocycles. The Morgan fingerprint density at radius 3 is 2.06 bits per heavy atom. The molecule has 1 aromatic carbocycles. The fraction of sp³-hybridized carbons (Fsp3) is 0.250. The van der Waals surface area contributed by atoms with Gasteiger partial charge >= 0.3 is 17.8 Å². The highest BCUT2D eigenvalue weighted by atomic mass is 19.4. The topological polar surface area (TPSA) is 43.1 Å². The van der Waals surface area contributed by atoms with E-state index in [1.807, 2.05) is 0 Å². The van der Waals surface area contributed by atoms with E-state index in [2.05, 4.69) is 0 Å². The van der Waals surface area contributed by atoms with E-state index in [0.717, 1.165) is 0 Å². The van der Waals surface area contributed by atoms with Gasteiger partial charge < -0.3 is 0 Å². The molecule has 0 N–H and O–H groups in total. The molecule has 1 aromatic rings. The normalized spacial score (nSPS) is 12.6. The third kappa shape index (κ3) is 2.32. The number of halogens is 6. The van der Waals surface area contributed by atoms with Crippen LogP contribution in [-0.4, -0.2) is 11.1 Å². The molecule has 0 radical (unpaired) electrons. The molecule has 1 rings (SSSR count). The van der Waals surface area contributed by atoms with Crippen molar-refractivity contribution in [3.8, 4) is 0 Å². The molecular formula is C8H3F6NO2. The molecule has 0 unspecified atom stereocenters. The van der Waals surface area contributed by atoms with E-state index in [9.17, 15) is 36.5 Å². The van der Waals surface area contributed by atoms with Crippen molar-refractivity contribution in [1.29, 1.82) is 0 Å². The quantitative estimate of drug-likeness (QED) is 0.464. The first-order chi connectivity index (χ1) is 7.57. The predicted molar refractivity (Wildman–Crippen MR) is 43.0 cm³/mol. The number of rotatable bonds is 2. The minimum absolute atomic E-state index is 0.136. The Labute approximate surface area is 89.8 Å². The van der Waals surface area contributed by atoms with E-state index in [1.54, 1.807) is 0 Å². The lowest BCUT2D eigenvalue weighted by molar-refractivity contribution is -0.387. The van der Waals surface area contributed by atoms with Crippen LogP contribution in [0.3, 0.4) is 0 Å². The Balaban J connectivity index is 3.35. The first-order valence-corrected chi connectivity index (χ1v) is 3.96. The second-order valence-electron chi connectivity index (χ2n) is 3.00. The van der Waals surface area contributed by atoms with Crippen LogP contribution in [-0.2, 0) is 5.92 Å². The molecule has 17 heavy (non-hydrogen) atoms. The summed E-state index contributed by atoms with van der Waals surface area (Å²) < 4.78 is 74.1. The molecule has 0 fully saturated rings. The van der Waals surface area contributed by atoms with Crippen molar-refractivity contribution in [2.45, 2.75) is 12.1 Å². The lowest BCUT2D eigenvalue weighted by Gasteiger charge is -2.19. The molecule has 0 aliphatic heterocycles. The lowest BCUT2D eigenvalue weighted by atomic mass is 10.1.